The number of carbonyl (C=O) groups excluding carboxylic acids is 2. The van der Waals surface area contributed by atoms with Crippen molar-refractivity contribution in [2.24, 2.45) is 0 Å². The number of fused-ring (bicyclic) bond motifs is 2. The second-order valence-corrected chi connectivity index (χ2v) is 6.75. The largest absolute Gasteiger partial charge is 0.424 e. The van der Waals surface area contributed by atoms with E-state index in [4.69, 9.17) is 9.47 Å². The predicted octanol–water partition coefficient (Wildman–Crippen LogP) is 3.79. The minimum atomic E-state index is -0.469. The van der Waals surface area contributed by atoms with Gasteiger partial charge in [-0.3, -0.25) is 14.6 Å². The van der Waals surface area contributed by atoms with Gasteiger partial charge in [0.05, 0.1) is 11.7 Å². The normalized spacial score (nSPS) is 11.0. The molecule has 29 heavy (non-hydrogen) atoms. The van der Waals surface area contributed by atoms with Crippen molar-refractivity contribution >= 4 is 33.9 Å². The second-order valence-electron chi connectivity index (χ2n) is 6.75. The fourth-order valence-electron chi connectivity index (χ4n) is 3.42. The Bertz CT molecular complexity index is 1250. The number of aryl methyl sites for hydroxylation is 1. The van der Waals surface area contributed by atoms with Gasteiger partial charge in [-0.25, -0.2) is 4.98 Å². The monoisotopic (exact) mass is 389 g/mol. The van der Waals surface area contributed by atoms with Crippen molar-refractivity contribution in [2.45, 2.75) is 27.3 Å². The number of ether oxygens (including phenoxy) is 2. The molecule has 0 atom stereocenters. The highest BCUT2D eigenvalue weighted by Crippen LogP contribution is 2.43. The summed E-state index contributed by atoms with van der Waals surface area (Å²) in [4.78, 5) is 32.6. The first-order valence-corrected chi connectivity index (χ1v) is 9.12. The van der Waals surface area contributed by atoms with E-state index in [0.717, 1.165) is 11.1 Å². The van der Waals surface area contributed by atoms with Gasteiger partial charge in [0, 0.05) is 26.6 Å². The number of rotatable bonds is 4. The van der Waals surface area contributed by atoms with Crippen LogP contribution in [-0.2, 0) is 16.1 Å². The third-order valence-corrected chi connectivity index (χ3v) is 4.56. The number of nitrogens with zero attached hydrogens (tertiary/aromatic N) is 3. The van der Waals surface area contributed by atoms with Crippen molar-refractivity contribution in [3.63, 3.8) is 0 Å². The molecule has 0 bridgehead atoms. The number of carbonyl (C=O) groups is 2. The quantitative estimate of drug-likeness (QED) is 0.390. The molecular weight excluding hydrogens is 370 g/mol. The summed E-state index contributed by atoms with van der Waals surface area (Å²) in [7, 11) is 0. The molecule has 0 N–H and O–H groups in total. The van der Waals surface area contributed by atoms with Gasteiger partial charge in [0.15, 0.2) is 11.5 Å². The smallest absolute Gasteiger partial charge is 0.308 e. The minimum absolute atomic E-state index is 0.301. The molecule has 0 fully saturated rings. The van der Waals surface area contributed by atoms with Crippen LogP contribution < -0.4 is 9.47 Å². The summed E-state index contributed by atoms with van der Waals surface area (Å²) < 4.78 is 13.0. The molecule has 0 radical (unpaired) electrons. The number of imidazole rings is 1. The molecule has 0 saturated carbocycles. The van der Waals surface area contributed by atoms with E-state index in [0.29, 0.717) is 40.0 Å². The van der Waals surface area contributed by atoms with Crippen LogP contribution in [0.15, 0.2) is 48.9 Å². The van der Waals surface area contributed by atoms with Gasteiger partial charge in [0.1, 0.15) is 16.6 Å². The van der Waals surface area contributed by atoms with Crippen molar-refractivity contribution in [1.82, 2.24) is 14.5 Å². The summed E-state index contributed by atoms with van der Waals surface area (Å²) >= 11 is 0. The number of hydrogen-bond acceptors (Lipinski definition) is 6. The minimum Gasteiger partial charge on any atom is -0.424 e. The van der Waals surface area contributed by atoms with Gasteiger partial charge in [-0.15, -0.1) is 0 Å². The van der Waals surface area contributed by atoms with Gasteiger partial charge in [-0.05, 0) is 24.1 Å². The van der Waals surface area contributed by atoms with E-state index in [1.165, 1.54) is 13.8 Å². The molecule has 0 aliphatic rings. The van der Waals surface area contributed by atoms with Gasteiger partial charge in [0.25, 0.3) is 0 Å². The molecule has 0 aliphatic heterocycles. The number of hydrogen-bond donors (Lipinski definition) is 0. The lowest BCUT2D eigenvalue weighted by atomic mass is 10.1. The van der Waals surface area contributed by atoms with Gasteiger partial charge in [-0.2, -0.15) is 0 Å². The SMILES string of the molecule is CC(=O)Oc1c2ncn(Cc3ccccc3)c2c(OC(C)=O)c2nccc(C)c12. The van der Waals surface area contributed by atoms with E-state index >= 15 is 0 Å². The van der Waals surface area contributed by atoms with E-state index < -0.39 is 11.9 Å². The maximum atomic E-state index is 11.9. The highest BCUT2D eigenvalue weighted by molar-refractivity contribution is 6.09. The second kappa shape index (κ2) is 7.35. The summed E-state index contributed by atoms with van der Waals surface area (Å²) in [6, 6.07) is 11.6. The predicted molar refractivity (Wildman–Crippen MR) is 108 cm³/mol. The molecule has 146 valence electrons. The van der Waals surface area contributed by atoms with Crippen molar-refractivity contribution < 1.29 is 19.1 Å². The zero-order valence-corrected chi connectivity index (χ0v) is 16.3. The van der Waals surface area contributed by atoms with Crippen molar-refractivity contribution in [2.75, 3.05) is 0 Å². The van der Waals surface area contributed by atoms with Crippen LogP contribution in [0.5, 0.6) is 11.5 Å². The van der Waals surface area contributed by atoms with Gasteiger partial charge in [-0.1, -0.05) is 30.3 Å². The van der Waals surface area contributed by atoms with Gasteiger partial charge in [0.2, 0.25) is 0 Å². The zero-order chi connectivity index (χ0) is 20.5. The first kappa shape index (κ1) is 18.6. The molecule has 0 aliphatic carbocycles. The van der Waals surface area contributed by atoms with Crippen LogP contribution in [-0.4, -0.2) is 26.5 Å². The number of esters is 2. The lowest BCUT2D eigenvalue weighted by Gasteiger charge is -2.15. The summed E-state index contributed by atoms with van der Waals surface area (Å²) in [6.07, 6.45) is 3.28. The maximum absolute atomic E-state index is 11.9. The Morgan fingerprint density at radius 2 is 1.62 bits per heavy atom. The topological polar surface area (TPSA) is 83.3 Å². The van der Waals surface area contributed by atoms with Crippen molar-refractivity contribution in [3.8, 4) is 11.5 Å². The Morgan fingerprint density at radius 3 is 2.31 bits per heavy atom. The fraction of sp³-hybridized carbons (Fsp3) is 0.182. The summed E-state index contributed by atoms with van der Waals surface area (Å²) in [5.74, 6) is -0.316. The van der Waals surface area contributed by atoms with E-state index in [1.54, 1.807) is 18.6 Å². The Morgan fingerprint density at radius 1 is 0.931 bits per heavy atom. The Hall–Kier alpha value is -3.74. The van der Waals surface area contributed by atoms with Gasteiger partial charge < -0.3 is 14.0 Å². The highest BCUT2D eigenvalue weighted by Gasteiger charge is 2.24. The Labute approximate surface area is 166 Å². The molecular formula is C22H19N3O4. The van der Waals surface area contributed by atoms with E-state index in [2.05, 4.69) is 9.97 Å². The molecule has 7 nitrogen and oxygen atoms in total. The number of benzene rings is 2. The van der Waals surface area contributed by atoms with Crippen LogP contribution in [0.1, 0.15) is 25.0 Å². The van der Waals surface area contributed by atoms with Crippen LogP contribution in [0.4, 0.5) is 0 Å². The Kier molecular flexibility index (Phi) is 4.72. The lowest BCUT2D eigenvalue weighted by molar-refractivity contribution is -0.132. The van der Waals surface area contributed by atoms with Crippen LogP contribution >= 0.6 is 0 Å². The van der Waals surface area contributed by atoms with E-state index in [-0.39, 0.29) is 0 Å². The standard InChI is InChI=1S/C22H19N3O4/c1-13-9-10-23-18-17(13)21(28-14(2)26)19-20(22(18)29-15(3)27)25(12-24-19)11-16-7-5-4-6-8-16/h4-10,12H,11H2,1-3H3. The Balaban J connectivity index is 2.08. The summed E-state index contributed by atoms with van der Waals surface area (Å²) in [6.45, 7) is 5.06. The number of pyridine rings is 1. The van der Waals surface area contributed by atoms with E-state index in [1.807, 2.05) is 41.8 Å². The molecule has 7 heteroatoms. The van der Waals surface area contributed by atoms with Crippen LogP contribution in [0.25, 0.3) is 21.9 Å². The first-order chi connectivity index (χ1) is 14.0. The van der Waals surface area contributed by atoms with Crippen LogP contribution in [0.3, 0.4) is 0 Å². The fourth-order valence-corrected chi connectivity index (χ4v) is 3.42. The first-order valence-electron chi connectivity index (χ1n) is 9.12. The molecule has 2 aromatic heterocycles. The molecule has 0 saturated heterocycles. The molecule has 4 rings (SSSR count). The molecule has 0 spiro atoms. The van der Waals surface area contributed by atoms with Crippen LogP contribution in [0, 0.1) is 6.92 Å². The highest BCUT2D eigenvalue weighted by atomic mass is 16.5. The third kappa shape index (κ3) is 3.42. The van der Waals surface area contributed by atoms with Crippen LogP contribution in [0.2, 0.25) is 0 Å². The lowest BCUT2D eigenvalue weighted by Crippen LogP contribution is -2.08. The molecule has 0 unspecified atom stereocenters. The molecule has 0 amide bonds. The average Bonchev–Trinajstić information content (AvgIpc) is 3.08. The maximum Gasteiger partial charge on any atom is 0.308 e. The molecule has 2 heterocycles. The average molecular weight is 389 g/mol. The third-order valence-electron chi connectivity index (χ3n) is 4.56. The number of aromatic nitrogens is 3. The van der Waals surface area contributed by atoms with Gasteiger partial charge >= 0.3 is 11.9 Å². The van der Waals surface area contributed by atoms with Crippen molar-refractivity contribution in [3.05, 3.63) is 60.0 Å². The molecule has 4 aromatic rings. The summed E-state index contributed by atoms with van der Waals surface area (Å²) in [5.41, 5.74) is 3.31. The summed E-state index contributed by atoms with van der Waals surface area (Å²) in [5, 5.41) is 0.594. The van der Waals surface area contributed by atoms with Crippen molar-refractivity contribution in [1.29, 1.82) is 0 Å². The molecule has 2 aromatic carbocycles. The van der Waals surface area contributed by atoms with E-state index in [9.17, 15) is 9.59 Å². The zero-order valence-electron chi connectivity index (χ0n) is 16.3.